The van der Waals surface area contributed by atoms with Crippen LogP contribution in [0.3, 0.4) is 0 Å². The molecule has 5 aliphatic rings. The lowest BCUT2D eigenvalue weighted by Crippen LogP contribution is -2.53. The van der Waals surface area contributed by atoms with Gasteiger partial charge >= 0.3 is 5.97 Å². The van der Waals surface area contributed by atoms with Crippen molar-refractivity contribution in [1.29, 1.82) is 0 Å². The van der Waals surface area contributed by atoms with Gasteiger partial charge in [-0.2, -0.15) is 0 Å². The van der Waals surface area contributed by atoms with Gasteiger partial charge in [-0.05, 0) is 50.0 Å². The first-order chi connectivity index (χ1) is 13.7. The molecule has 156 valence electrons. The van der Waals surface area contributed by atoms with E-state index in [4.69, 9.17) is 9.47 Å². The van der Waals surface area contributed by atoms with Crippen LogP contribution >= 0.6 is 0 Å². The topological polar surface area (TPSA) is 69.7 Å². The number of ether oxygens (including phenoxy) is 2. The molecule has 2 saturated carbocycles. The number of Topliss-reactive ketones (excluding diaryl/α,β-unsaturated/α-hetero) is 1. The summed E-state index contributed by atoms with van der Waals surface area (Å²) in [4.78, 5) is 37.2. The molecule has 0 bridgehead atoms. The lowest BCUT2D eigenvalue weighted by atomic mass is 9.48. The van der Waals surface area contributed by atoms with E-state index in [-0.39, 0.29) is 52.7 Å². The Balaban J connectivity index is 1.63. The van der Waals surface area contributed by atoms with Gasteiger partial charge in [0.1, 0.15) is 6.61 Å². The molecule has 6 atom stereocenters. The Kier molecular flexibility index (Phi) is 4.06. The summed E-state index contributed by atoms with van der Waals surface area (Å²) in [6.07, 6.45) is 9.30. The highest BCUT2D eigenvalue weighted by Crippen LogP contribution is 2.68. The fraction of sp³-hybridized carbons (Fsp3) is 0.708. The monoisotopic (exact) mass is 398 g/mol. The van der Waals surface area contributed by atoms with Gasteiger partial charge in [0.2, 0.25) is 0 Å². The second kappa shape index (κ2) is 6.13. The summed E-state index contributed by atoms with van der Waals surface area (Å²) in [7, 11) is 1.46. The van der Waals surface area contributed by atoms with E-state index in [1.807, 2.05) is 0 Å². The van der Waals surface area contributed by atoms with E-state index in [9.17, 15) is 14.4 Å². The Morgan fingerprint density at radius 2 is 2.03 bits per heavy atom. The molecule has 4 aliphatic carbocycles. The smallest absolute Gasteiger partial charge is 0.309 e. The molecule has 1 spiro atoms. The summed E-state index contributed by atoms with van der Waals surface area (Å²) in [5.41, 5.74) is 1.72. The molecule has 2 unspecified atom stereocenters. The van der Waals surface area contributed by atoms with E-state index in [1.54, 1.807) is 6.08 Å². The van der Waals surface area contributed by atoms with Crippen LogP contribution in [0.5, 0.6) is 0 Å². The molecular formula is C24H30O5. The fourth-order valence-corrected chi connectivity index (χ4v) is 7.49. The quantitative estimate of drug-likeness (QED) is 0.499. The first-order valence-electron chi connectivity index (χ1n) is 10.9. The van der Waals surface area contributed by atoms with Crippen LogP contribution in [0.25, 0.3) is 0 Å². The van der Waals surface area contributed by atoms with Crippen LogP contribution in [0.2, 0.25) is 0 Å². The summed E-state index contributed by atoms with van der Waals surface area (Å²) in [6.45, 7) is 4.74. The molecule has 1 saturated heterocycles. The van der Waals surface area contributed by atoms with Gasteiger partial charge in [-0.1, -0.05) is 31.1 Å². The van der Waals surface area contributed by atoms with Gasteiger partial charge < -0.3 is 9.47 Å². The first kappa shape index (κ1) is 19.2. The Hall–Kier alpha value is -1.75. The molecule has 5 heteroatoms. The number of rotatable bonds is 1. The Morgan fingerprint density at radius 1 is 1.24 bits per heavy atom. The van der Waals surface area contributed by atoms with Crippen molar-refractivity contribution >= 4 is 17.5 Å². The number of methoxy groups -OCH3 is 1. The average Bonchev–Trinajstić information content (AvgIpc) is 3.22. The van der Waals surface area contributed by atoms with Crippen LogP contribution in [0.15, 0.2) is 23.3 Å². The second-order valence-electron chi connectivity index (χ2n) is 10.3. The van der Waals surface area contributed by atoms with E-state index in [1.165, 1.54) is 12.7 Å². The van der Waals surface area contributed by atoms with E-state index in [2.05, 4.69) is 19.9 Å². The zero-order chi connectivity index (χ0) is 20.6. The van der Waals surface area contributed by atoms with Crippen molar-refractivity contribution in [3.8, 4) is 0 Å². The normalized spacial score (nSPS) is 46.0. The number of ketones is 2. The van der Waals surface area contributed by atoms with Crippen molar-refractivity contribution < 1.29 is 23.9 Å². The number of carbonyl (C=O) groups is 3. The fourth-order valence-electron chi connectivity index (χ4n) is 7.49. The van der Waals surface area contributed by atoms with Crippen molar-refractivity contribution in [3.63, 3.8) is 0 Å². The number of esters is 1. The maximum Gasteiger partial charge on any atom is 0.309 e. The van der Waals surface area contributed by atoms with Gasteiger partial charge in [-0.3, -0.25) is 14.4 Å². The van der Waals surface area contributed by atoms with Gasteiger partial charge in [0.25, 0.3) is 0 Å². The molecule has 5 nitrogen and oxygen atoms in total. The van der Waals surface area contributed by atoms with Gasteiger partial charge in [0.15, 0.2) is 11.6 Å². The molecule has 0 N–H and O–H groups in total. The van der Waals surface area contributed by atoms with Crippen LogP contribution in [0, 0.1) is 28.6 Å². The first-order valence-corrected chi connectivity index (χ1v) is 10.9. The molecule has 0 aromatic rings. The highest BCUT2D eigenvalue weighted by atomic mass is 16.5. The molecule has 0 aromatic carbocycles. The number of carbonyl (C=O) groups excluding carboxylic acids is 3. The highest BCUT2D eigenvalue weighted by molar-refractivity contribution is 5.92. The number of hydrogen-bond acceptors (Lipinski definition) is 5. The maximum atomic E-state index is 12.9. The standard InChI is InChI=1S/C24H30O5/c1-22-7-4-15(25)10-14(22)11-17(21(27)28-3)20-18(22)5-8-23(2)19(20)6-9-24(23)12-16(26)13-29-24/h5,10,17,19-20H,4,6-9,11-13H2,1-3H3/t17-,19?,20?,22+,23+,24-/m1/s1. The largest absolute Gasteiger partial charge is 0.469 e. The molecule has 29 heavy (non-hydrogen) atoms. The zero-order valence-corrected chi connectivity index (χ0v) is 17.6. The molecule has 0 amide bonds. The summed E-state index contributed by atoms with van der Waals surface area (Å²) in [6, 6.07) is 0. The lowest BCUT2D eigenvalue weighted by molar-refractivity contribution is -0.151. The molecule has 1 heterocycles. The number of allylic oxidation sites excluding steroid dienone is 4. The maximum absolute atomic E-state index is 12.9. The minimum atomic E-state index is -0.392. The van der Waals surface area contributed by atoms with Crippen LogP contribution in [0.1, 0.15) is 58.8 Å². The average molecular weight is 398 g/mol. The van der Waals surface area contributed by atoms with Crippen LogP contribution in [-0.2, 0) is 23.9 Å². The van der Waals surface area contributed by atoms with E-state index < -0.39 is 5.60 Å². The van der Waals surface area contributed by atoms with Crippen LogP contribution < -0.4 is 0 Å². The van der Waals surface area contributed by atoms with Gasteiger partial charge in [0, 0.05) is 23.7 Å². The van der Waals surface area contributed by atoms with E-state index >= 15 is 0 Å². The molecule has 0 radical (unpaired) electrons. The Morgan fingerprint density at radius 3 is 2.72 bits per heavy atom. The molecular weight excluding hydrogens is 368 g/mol. The third-order valence-electron chi connectivity index (χ3n) is 9.18. The van der Waals surface area contributed by atoms with Crippen LogP contribution in [0.4, 0.5) is 0 Å². The minimum Gasteiger partial charge on any atom is -0.469 e. The zero-order valence-electron chi connectivity index (χ0n) is 17.6. The predicted octanol–water partition coefficient (Wildman–Crippen LogP) is 3.57. The summed E-state index contributed by atoms with van der Waals surface area (Å²) >= 11 is 0. The van der Waals surface area contributed by atoms with Crippen molar-refractivity contribution in [3.05, 3.63) is 23.3 Å². The van der Waals surface area contributed by atoms with Gasteiger partial charge in [-0.25, -0.2) is 0 Å². The predicted molar refractivity (Wildman–Crippen MR) is 106 cm³/mol. The van der Waals surface area contributed by atoms with Crippen molar-refractivity contribution in [2.75, 3.05) is 13.7 Å². The Bertz CT molecular complexity index is 868. The lowest BCUT2D eigenvalue weighted by Gasteiger charge is -2.56. The van der Waals surface area contributed by atoms with Gasteiger partial charge in [-0.15, -0.1) is 0 Å². The van der Waals surface area contributed by atoms with Crippen LogP contribution in [-0.4, -0.2) is 36.9 Å². The molecule has 0 aromatic heterocycles. The third kappa shape index (κ3) is 2.40. The molecule has 3 fully saturated rings. The summed E-state index contributed by atoms with van der Waals surface area (Å²) < 4.78 is 11.4. The highest BCUT2D eigenvalue weighted by Gasteiger charge is 2.66. The van der Waals surface area contributed by atoms with Gasteiger partial charge in [0.05, 0.1) is 18.6 Å². The van der Waals surface area contributed by atoms with E-state index in [0.717, 1.165) is 31.3 Å². The Labute approximate surface area is 171 Å². The van der Waals surface area contributed by atoms with Crippen molar-refractivity contribution in [1.82, 2.24) is 0 Å². The summed E-state index contributed by atoms with van der Waals surface area (Å²) in [5.74, 6) is 0.281. The van der Waals surface area contributed by atoms with E-state index in [0.29, 0.717) is 19.3 Å². The van der Waals surface area contributed by atoms with Crippen molar-refractivity contribution in [2.24, 2.45) is 28.6 Å². The molecule has 1 aliphatic heterocycles. The second-order valence-corrected chi connectivity index (χ2v) is 10.3. The summed E-state index contributed by atoms with van der Waals surface area (Å²) in [5, 5.41) is 0. The number of hydrogen-bond donors (Lipinski definition) is 0. The molecule has 5 rings (SSSR count). The SMILES string of the molecule is COC(=O)[C@@H]1CC2=CC(=O)CC[C@]2(C)C2=CC[C@@]3(C)C(CC[C@@]34CC(=O)CO4)C21. The van der Waals surface area contributed by atoms with Crippen molar-refractivity contribution in [2.45, 2.75) is 64.4 Å². The third-order valence-corrected chi connectivity index (χ3v) is 9.18. The minimum absolute atomic E-state index is 0.0928. The number of fused-ring (bicyclic) bond motifs is 6.